The molecule has 3 N–H and O–H groups in total. The average molecular weight is 264 g/mol. The highest BCUT2D eigenvalue weighted by molar-refractivity contribution is 5.67. The zero-order valence-electron chi connectivity index (χ0n) is 11.3. The number of carbonyl (C=O) groups is 1. The van der Waals surface area contributed by atoms with Gasteiger partial charge in [-0.2, -0.15) is 0 Å². The van der Waals surface area contributed by atoms with Crippen LogP contribution >= 0.6 is 0 Å². The Kier molecular flexibility index (Phi) is 4.21. The third-order valence-corrected chi connectivity index (χ3v) is 3.31. The molecule has 1 aromatic heterocycles. The van der Waals surface area contributed by atoms with E-state index < -0.39 is 0 Å². The summed E-state index contributed by atoms with van der Waals surface area (Å²) in [5, 5.41) is 2.81. The zero-order valence-corrected chi connectivity index (χ0v) is 11.3. The number of nitrogens with zero attached hydrogens (tertiary/aromatic N) is 2. The molecule has 0 aromatic carbocycles. The number of carbonyl (C=O) groups excluding carboxylic acids is 1. The lowest BCUT2D eigenvalue weighted by Gasteiger charge is -2.19. The number of amides is 1. The van der Waals surface area contributed by atoms with Crippen molar-refractivity contribution >= 4 is 11.9 Å². The van der Waals surface area contributed by atoms with Crippen molar-refractivity contribution in [3.8, 4) is 0 Å². The number of aromatic nitrogens is 1. The summed E-state index contributed by atoms with van der Waals surface area (Å²) in [5.41, 5.74) is 6.94. The SMILES string of the molecule is COC(=O)NC1CCN(c2cc(C(C)N)ccn2)C1. The topological polar surface area (TPSA) is 80.5 Å². The average Bonchev–Trinajstić information content (AvgIpc) is 2.87. The van der Waals surface area contributed by atoms with Crippen LogP contribution in [0.5, 0.6) is 0 Å². The molecule has 6 heteroatoms. The van der Waals surface area contributed by atoms with Crippen molar-refractivity contribution in [1.29, 1.82) is 0 Å². The lowest BCUT2D eigenvalue weighted by molar-refractivity contribution is 0.167. The van der Waals surface area contributed by atoms with Crippen LogP contribution in [0.4, 0.5) is 10.6 Å². The van der Waals surface area contributed by atoms with Gasteiger partial charge in [-0.05, 0) is 31.0 Å². The van der Waals surface area contributed by atoms with Gasteiger partial charge in [-0.15, -0.1) is 0 Å². The normalized spacial score (nSPS) is 20.2. The Bertz CT molecular complexity index is 450. The number of hydrogen-bond acceptors (Lipinski definition) is 5. The molecule has 1 saturated heterocycles. The summed E-state index contributed by atoms with van der Waals surface area (Å²) in [6.07, 6.45) is 2.28. The molecule has 2 unspecified atom stereocenters. The molecule has 2 heterocycles. The second-order valence-electron chi connectivity index (χ2n) is 4.80. The molecular weight excluding hydrogens is 244 g/mol. The monoisotopic (exact) mass is 264 g/mol. The number of hydrogen-bond donors (Lipinski definition) is 2. The number of nitrogens with two attached hydrogens (primary N) is 1. The maximum Gasteiger partial charge on any atom is 0.407 e. The van der Waals surface area contributed by atoms with Gasteiger partial charge in [-0.3, -0.25) is 0 Å². The lowest BCUT2D eigenvalue weighted by atomic mass is 10.1. The van der Waals surface area contributed by atoms with Gasteiger partial charge < -0.3 is 20.7 Å². The molecule has 0 spiro atoms. The highest BCUT2D eigenvalue weighted by Crippen LogP contribution is 2.21. The van der Waals surface area contributed by atoms with Crippen molar-refractivity contribution in [2.45, 2.75) is 25.4 Å². The molecule has 1 aliphatic rings. The van der Waals surface area contributed by atoms with Crippen LogP contribution in [0.15, 0.2) is 18.3 Å². The van der Waals surface area contributed by atoms with Crippen LogP contribution in [0.2, 0.25) is 0 Å². The Hall–Kier alpha value is -1.82. The molecule has 1 aliphatic heterocycles. The van der Waals surface area contributed by atoms with Crippen molar-refractivity contribution in [3.63, 3.8) is 0 Å². The summed E-state index contributed by atoms with van der Waals surface area (Å²) < 4.78 is 4.60. The van der Waals surface area contributed by atoms with Crippen LogP contribution in [0.25, 0.3) is 0 Å². The number of ether oxygens (including phenoxy) is 1. The predicted molar refractivity (Wildman–Crippen MR) is 73.0 cm³/mol. The summed E-state index contributed by atoms with van der Waals surface area (Å²) in [6.45, 7) is 3.55. The van der Waals surface area contributed by atoms with E-state index in [0.717, 1.165) is 30.9 Å². The van der Waals surface area contributed by atoms with Gasteiger partial charge in [-0.25, -0.2) is 9.78 Å². The minimum atomic E-state index is -0.385. The van der Waals surface area contributed by atoms with Gasteiger partial charge in [0, 0.05) is 25.3 Å². The molecule has 0 radical (unpaired) electrons. The van der Waals surface area contributed by atoms with Gasteiger partial charge in [0.25, 0.3) is 0 Å². The van der Waals surface area contributed by atoms with Crippen molar-refractivity contribution in [1.82, 2.24) is 10.3 Å². The number of methoxy groups -OCH3 is 1. The van der Waals surface area contributed by atoms with E-state index in [4.69, 9.17) is 5.73 Å². The first-order valence-corrected chi connectivity index (χ1v) is 6.41. The molecule has 1 amide bonds. The third-order valence-electron chi connectivity index (χ3n) is 3.31. The summed E-state index contributed by atoms with van der Waals surface area (Å²) in [7, 11) is 1.37. The van der Waals surface area contributed by atoms with E-state index in [2.05, 4.69) is 19.9 Å². The van der Waals surface area contributed by atoms with Gasteiger partial charge in [-0.1, -0.05) is 0 Å². The van der Waals surface area contributed by atoms with Crippen LogP contribution in [0.1, 0.15) is 24.9 Å². The van der Waals surface area contributed by atoms with Crippen molar-refractivity contribution in [3.05, 3.63) is 23.9 Å². The van der Waals surface area contributed by atoms with Crippen molar-refractivity contribution in [2.75, 3.05) is 25.1 Å². The Morgan fingerprint density at radius 1 is 1.68 bits per heavy atom. The van der Waals surface area contributed by atoms with E-state index in [1.54, 1.807) is 6.20 Å². The van der Waals surface area contributed by atoms with E-state index in [1.807, 2.05) is 19.1 Å². The van der Waals surface area contributed by atoms with E-state index in [0.29, 0.717) is 0 Å². The van der Waals surface area contributed by atoms with Crippen LogP contribution in [-0.4, -0.2) is 37.3 Å². The van der Waals surface area contributed by atoms with Gasteiger partial charge in [0.15, 0.2) is 0 Å². The number of nitrogens with one attached hydrogen (secondary N) is 1. The lowest BCUT2D eigenvalue weighted by Crippen LogP contribution is -2.37. The molecule has 6 nitrogen and oxygen atoms in total. The molecule has 0 aliphatic carbocycles. The maximum atomic E-state index is 11.2. The first-order valence-electron chi connectivity index (χ1n) is 6.41. The van der Waals surface area contributed by atoms with E-state index >= 15 is 0 Å². The quantitative estimate of drug-likeness (QED) is 0.852. The first kappa shape index (κ1) is 13.6. The number of rotatable bonds is 3. The Morgan fingerprint density at radius 3 is 3.16 bits per heavy atom. The maximum absolute atomic E-state index is 11.2. The molecule has 19 heavy (non-hydrogen) atoms. The molecule has 2 atom stereocenters. The first-order chi connectivity index (χ1) is 9.10. The summed E-state index contributed by atoms with van der Waals surface area (Å²) in [6, 6.07) is 4.03. The largest absolute Gasteiger partial charge is 0.453 e. The number of pyridine rings is 1. The van der Waals surface area contributed by atoms with Gasteiger partial charge >= 0.3 is 6.09 Å². The summed E-state index contributed by atoms with van der Waals surface area (Å²) in [5.74, 6) is 0.906. The molecule has 104 valence electrons. The number of anilines is 1. The second-order valence-corrected chi connectivity index (χ2v) is 4.80. The van der Waals surface area contributed by atoms with Gasteiger partial charge in [0.2, 0.25) is 0 Å². The fraction of sp³-hybridized carbons (Fsp3) is 0.538. The van der Waals surface area contributed by atoms with Crippen LogP contribution in [0.3, 0.4) is 0 Å². The molecule has 1 aromatic rings. The van der Waals surface area contributed by atoms with E-state index in [1.165, 1.54) is 7.11 Å². The molecular formula is C13H20N4O2. The predicted octanol–water partition coefficient (Wildman–Crippen LogP) is 1.04. The minimum absolute atomic E-state index is 0.00616. The Labute approximate surface area is 112 Å². The van der Waals surface area contributed by atoms with Gasteiger partial charge in [0.05, 0.1) is 13.2 Å². The third kappa shape index (κ3) is 3.35. The zero-order chi connectivity index (χ0) is 13.8. The van der Waals surface area contributed by atoms with Crippen LogP contribution < -0.4 is 16.0 Å². The van der Waals surface area contributed by atoms with E-state index in [-0.39, 0.29) is 18.2 Å². The molecule has 1 fully saturated rings. The minimum Gasteiger partial charge on any atom is -0.453 e. The fourth-order valence-electron chi connectivity index (χ4n) is 2.20. The Balaban J connectivity index is 2.00. The molecule has 2 rings (SSSR count). The summed E-state index contributed by atoms with van der Waals surface area (Å²) >= 11 is 0. The van der Waals surface area contributed by atoms with E-state index in [9.17, 15) is 4.79 Å². The Morgan fingerprint density at radius 2 is 2.47 bits per heavy atom. The smallest absolute Gasteiger partial charge is 0.407 e. The number of alkyl carbamates (subject to hydrolysis) is 1. The van der Waals surface area contributed by atoms with Crippen molar-refractivity contribution < 1.29 is 9.53 Å². The second kappa shape index (κ2) is 5.88. The van der Waals surface area contributed by atoms with Crippen LogP contribution in [-0.2, 0) is 4.74 Å². The summed E-state index contributed by atoms with van der Waals surface area (Å²) in [4.78, 5) is 17.7. The molecule has 0 bridgehead atoms. The highest BCUT2D eigenvalue weighted by Gasteiger charge is 2.25. The standard InChI is InChI=1S/C13H20N4O2/c1-9(14)10-3-5-15-12(7-10)17-6-4-11(8-17)16-13(18)19-2/h3,5,7,9,11H,4,6,8,14H2,1-2H3,(H,16,18). The fourth-order valence-corrected chi connectivity index (χ4v) is 2.20. The van der Waals surface area contributed by atoms with Crippen LogP contribution in [0, 0.1) is 0 Å². The van der Waals surface area contributed by atoms with Crippen molar-refractivity contribution in [2.24, 2.45) is 5.73 Å². The molecule has 0 saturated carbocycles. The van der Waals surface area contributed by atoms with Gasteiger partial charge in [0.1, 0.15) is 5.82 Å². The highest BCUT2D eigenvalue weighted by atomic mass is 16.5.